The van der Waals surface area contributed by atoms with Gasteiger partial charge in [0.15, 0.2) is 5.96 Å². The number of guanidine groups is 1. The Morgan fingerprint density at radius 3 is 2.55 bits per heavy atom. The van der Waals surface area contributed by atoms with Gasteiger partial charge in [-0.05, 0) is 46.0 Å². The molecule has 0 atom stereocenters. The van der Waals surface area contributed by atoms with Gasteiger partial charge in [0.1, 0.15) is 0 Å². The molecule has 3 N–H and O–H groups in total. The fourth-order valence-corrected chi connectivity index (χ4v) is 2.24. The average molecular weight is 399 g/mol. The van der Waals surface area contributed by atoms with Crippen LogP contribution >= 0.6 is 24.0 Å². The molecule has 0 bridgehead atoms. The molecule has 0 aromatic heterocycles. The maximum absolute atomic E-state index is 9.50. The van der Waals surface area contributed by atoms with Gasteiger partial charge < -0.3 is 20.5 Å². The highest BCUT2D eigenvalue weighted by atomic mass is 127. The minimum atomic E-state index is -0.108. The molecule has 0 radical (unpaired) electrons. The molecular weight excluding hydrogens is 369 g/mol. The summed E-state index contributed by atoms with van der Waals surface area (Å²) >= 11 is 0. The Bertz CT molecular complexity index is 257. The van der Waals surface area contributed by atoms with E-state index in [0.717, 1.165) is 64.4 Å². The molecule has 1 aliphatic carbocycles. The Balaban J connectivity index is 0.00000361. The molecule has 20 heavy (non-hydrogen) atoms. The van der Waals surface area contributed by atoms with E-state index in [0.29, 0.717) is 6.04 Å². The van der Waals surface area contributed by atoms with Crippen molar-refractivity contribution >= 4 is 29.9 Å². The summed E-state index contributed by atoms with van der Waals surface area (Å²) in [6.07, 6.45) is 4.66. The summed E-state index contributed by atoms with van der Waals surface area (Å²) in [6.45, 7) is 7.27. The lowest BCUT2D eigenvalue weighted by atomic mass is 9.93. The van der Waals surface area contributed by atoms with Crippen LogP contribution in [0.1, 0.15) is 46.0 Å². The van der Waals surface area contributed by atoms with Gasteiger partial charge in [-0.2, -0.15) is 0 Å². The second-order valence-corrected chi connectivity index (χ2v) is 4.96. The van der Waals surface area contributed by atoms with Crippen LogP contribution < -0.4 is 10.6 Å². The van der Waals surface area contributed by atoms with Gasteiger partial charge in [-0.25, -0.2) is 0 Å². The van der Waals surface area contributed by atoms with Crippen LogP contribution in [0.4, 0.5) is 0 Å². The van der Waals surface area contributed by atoms with Crippen LogP contribution in [0.15, 0.2) is 4.99 Å². The monoisotopic (exact) mass is 399 g/mol. The maximum Gasteiger partial charge on any atom is 0.191 e. The number of ether oxygens (including phenoxy) is 1. The molecule has 1 saturated carbocycles. The standard InChI is InChI=1S/C14H29N3O2.HI/c1-3-15-14(16-10-5-11-19-4-2)17-12-6-8-13(18)9-7-12;/h12-13,18H,3-11H2,1-2H3,(H2,15,16,17);1H. The summed E-state index contributed by atoms with van der Waals surface area (Å²) in [5, 5.41) is 16.2. The Labute approximate surface area is 140 Å². The largest absolute Gasteiger partial charge is 0.393 e. The van der Waals surface area contributed by atoms with Gasteiger partial charge in [0.25, 0.3) is 0 Å². The van der Waals surface area contributed by atoms with Gasteiger partial charge in [-0.15, -0.1) is 24.0 Å². The fourth-order valence-electron chi connectivity index (χ4n) is 2.24. The zero-order valence-corrected chi connectivity index (χ0v) is 15.1. The van der Waals surface area contributed by atoms with Crippen molar-refractivity contribution in [1.29, 1.82) is 0 Å². The third-order valence-electron chi connectivity index (χ3n) is 3.30. The molecule has 120 valence electrons. The van der Waals surface area contributed by atoms with Gasteiger partial charge in [-0.1, -0.05) is 0 Å². The zero-order valence-electron chi connectivity index (χ0n) is 12.7. The van der Waals surface area contributed by atoms with E-state index in [1.165, 1.54) is 0 Å². The van der Waals surface area contributed by atoms with Gasteiger partial charge in [0.2, 0.25) is 0 Å². The number of nitrogens with one attached hydrogen (secondary N) is 2. The second-order valence-electron chi connectivity index (χ2n) is 4.96. The van der Waals surface area contributed by atoms with Crippen LogP contribution in [0.2, 0.25) is 0 Å². The lowest BCUT2D eigenvalue weighted by Gasteiger charge is -2.27. The first-order valence-electron chi connectivity index (χ1n) is 7.56. The SMILES string of the molecule is CCNC(=NCCCOCC)NC1CCC(O)CC1.I. The van der Waals surface area contributed by atoms with Crippen molar-refractivity contribution in [1.82, 2.24) is 10.6 Å². The minimum Gasteiger partial charge on any atom is -0.393 e. The summed E-state index contributed by atoms with van der Waals surface area (Å²) in [6, 6.07) is 0.438. The van der Waals surface area contributed by atoms with Crippen molar-refractivity contribution in [2.75, 3.05) is 26.3 Å². The Morgan fingerprint density at radius 1 is 1.25 bits per heavy atom. The smallest absolute Gasteiger partial charge is 0.191 e. The van der Waals surface area contributed by atoms with Gasteiger partial charge in [0.05, 0.1) is 6.10 Å². The first-order valence-corrected chi connectivity index (χ1v) is 7.56. The highest BCUT2D eigenvalue weighted by Gasteiger charge is 2.19. The van der Waals surface area contributed by atoms with Crippen molar-refractivity contribution in [3.8, 4) is 0 Å². The lowest BCUT2D eigenvalue weighted by molar-refractivity contribution is 0.120. The van der Waals surface area contributed by atoms with Crippen molar-refractivity contribution < 1.29 is 9.84 Å². The summed E-state index contributed by atoms with van der Waals surface area (Å²) in [7, 11) is 0. The summed E-state index contributed by atoms with van der Waals surface area (Å²) in [5.74, 6) is 0.889. The Hall–Kier alpha value is -0.0800. The molecule has 0 amide bonds. The number of halogens is 1. The van der Waals surface area contributed by atoms with Crippen molar-refractivity contribution in [2.24, 2.45) is 4.99 Å². The van der Waals surface area contributed by atoms with Crippen LogP contribution in [-0.4, -0.2) is 49.5 Å². The van der Waals surface area contributed by atoms with E-state index < -0.39 is 0 Å². The summed E-state index contributed by atoms with van der Waals surface area (Å²) in [5.41, 5.74) is 0. The van der Waals surface area contributed by atoms with Crippen molar-refractivity contribution in [2.45, 2.75) is 58.1 Å². The molecule has 0 unspecified atom stereocenters. The number of hydrogen-bond acceptors (Lipinski definition) is 3. The lowest BCUT2D eigenvalue weighted by Crippen LogP contribution is -2.45. The van der Waals surface area contributed by atoms with Crippen LogP contribution in [0.5, 0.6) is 0 Å². The first-order chi connectivity index (χ1) is 9.26. The van der Waals surface area contributed by atoms with Crippen molar-refractivity contribution in [3.05, 3.63) is 0 Å². The third-order valence-corrected chi connectivity index (χ3v) is 3.30. The third kappa shape index (κ3) is 8.97. The van der Waals surface area contributed by atoms with Gasteiger partial charge in [-0.3, -0.25) is 4.99 Å². The van der Waals surface area contributed by atoms with Crippen molar-refractivity contribution in [3.63, 3.8) is 0 Å². The van der Waals surface area contributed by atoms with Gasteiger partial charge >= 0.3 is 0 Å². The molecule has 1 fully saturated rings. The zero-order chi connectivity index (χ0) is 13.9. The highest BCUT2D eigenvalue weighted by molar-refractivity contribution is 14.0. The van der Waals surface area contributed by atoms with Gasteiger partial charge in [0, 0.05) is 32.3 Å². The molecule has 0 heterocycles. The van der Waals surface area contributed by atoms with Crippen LogP contribution in [0.25, 0.3) is 0 Å². The topological polar surface area (TPSA) is 65.9 Å². The number of aliphatic imine (C=N–C) groups is 1. The average Bonchev–Trinajstić information content (AvgIpc) is 2.41. The molecule has 0 aromatic rings. The van der Waals surface area contributed by atoms with Crippen LogP contribution in [0.3, 0.4) is 0 Å². The first kappa shape index (κ1) is 19.9. The fraction of sp³-hybridized carbons (Fsp3) is 0.929. The number of nitrogens with zero attached hydrogens (tertiary/aromatic N) is 1. The molecular formula is C14H30IN3O2. The number of aliphatic hydroxyl groups excluding tert-OH is 1. The molecule has 5 nitrogen and oxygen atoms in total. The predicted molar refractivity (Wildman–Crippen MR) is 93.9 cm³/mol. The molecule has 0 aliphatic heterocycles. The van der Waals surface area contributed by atoms with E-state index in [-0.39, 0.29) is 30.1 Å². The molecule has 0 spiro atoms. The normalized spacial score (nSPS) is 23.1. The maximum atomic E-state index is 9.50. The Morgan fingerprint density at radius 2 is 1.95 bits per heavy atom. The summed E-state index contributed by atoms with van der Waals surface area (Å²) < 4.78 is 5.30. The molecule has 6 heteroatoms. The molecule has 0 saturated heterocycles. The molecule has 0 aromatic carbocycles. The minimum absolute atomic E-state index is 0. The van der Waals surface area contributed by atoms with E-state index in [2.05, 4.69) is 22.5 Å². The predicted octanol–water partition coefficient (Wildman–Crippen LogP) is 1.89. The van der Waals surface area contributed by atoms with E-state index in [4.69, 9.17) is 4.74 Å². The van der Waals surface area contributed by atoms with E-state index in [1.54, 1.807) is 0 Å². The second kappa shape index (κ2) is 12.6. The Kier molecular flexibility index (Phi) is 12.6. The van der Waals surface area contributed by atoms with Crippen LogP contribution in [-0.2, 0) is 4.74 Å². The number of rotatable bonds is 7. The van der Waals surface area contributed by atoms with Crippen LogP contribution in [0, 0.1) is 0 Å². The van der Waals surface area contributed by atoms with E-state index in [9.17, 15) is 5.11 Å². The summed E-state index contributed by atoms with van der Waals surface area (Å²) in [4.78, 5) is 4.55. The quantitative estimate of drug-likeness (QED) is 0.265. The number of aliphatic hydroxyl groups is 1. The molecule has 1 rings (SSSR count). The van der Waals surface area contributed by atoms with E-state index in [1.807, 2.05) is 6.92 Å². The van der Waals surface area contributed by atoms with E-state index >= 15 is 0 Å². The molecule has 1 aliphatic rings. The highest BCUT2D eigenvalue weighted by Crippen LogP contribution is 2.18. The number of hydrogen-bond donors (Lipinski definition) is 3.